The second-order valence-corrected chi connectivity index (χ2v) is 6.68. The van der Waals surface area contributed by atoms with Crippen LogP contribution in [-0.2, 0) is 9.53 Å². The molecule has 0 spiro atoms. The molecule has 2 amide bonds. The number of ether oxygens (including phenoxy) is 1. The zero-order valence-corrected chi connectivity index (χ0v) is 16.3. The molecule has 1 fully saturated rings. The number of rotatable bonds is 4. The Hall–Kier alpha value is -3.42. The summed E-state index contributed by atoms with van der Waals surface area (Å²) < 4.78 is 17.9. The fourth-order valence-electron chi connectivity index (χ4n) is 3.21. The van der Waals surface area contributed by atoms with Gasteiger partial charge in [0.15, 0.2) is 0 Å². The topological polar surface area (TPSA) is 79.0 Å². The smallest absolute Gasteiger partial charge is 0.337 e. The molecule has 1 aliphatic heterocycles. The monoisotopic (exact) mass is 399 g/mol. The second-order valence-electron chi connectivity index (χ2n) is 6.68. The molecule has 2 aromatic carbocycles. The van der Waals surface area contributed by atoms with Gasteiger partial charge < -0.3 is 19.9 Å². The second kappa shape index (κ2) is 8.72. The van der Waals surface area contributed by atoms with Gasteiger partial charge in [-0.05, 0) is 42.5 Å². The number of halogens is 1. The fourth-order valence-corrected chi connectivity index (χ4v) is 3.21. The van der Waals surface area contributed by atoms with E-state index in [0.717, 1.165) is 5.69 Å². The van der Waals surface area contributed by atoms with Gasteiger partial charge in [-0.2, -0.15) is 0 Å². The van der Waals surface area contributed by atoms with Crippen molar-refractivity contribution in [3.63, 3.8) is 0 Å². The number of amides is 2. The van der Waals surface area contributed by atoms with Crippen molar-refractivity contribution in [2.24, 2.45) is 0 Å². The molecule has 0 aliphatic carbocycles. The first-order chi connectivity index (χ1) is 13.9. The van der Waals surface area contributed by atoms with E-state index in [-0.39, 0.29) is 5.91 Å². The number of esters is 1. The van der Waals surface area contributed by atoms with Crippen LogP contribution in [0.4, 0.5) is 15.8 Å². The van der Waals surface area contributed by atoms with Gasteiger partial charge in [-0.1, -0.05) is 0 Å². The van der Waals surface area contributed by atoms with Crippen LogP contribution in [-0.4, -0.2) is 56.0 Å². The standard InChI is InChI=1S/C21H22FN3O4/c1-14(26)24-9-11-25(12-10-24)19-8-5-16(21(28)29-2)13-18(19)23-20(27)15-3-6-17(22)7-4-15/h3-8,13H,9-12H2,1-2H3,(H,23,27). The van der Waals surface area contributed by atoms with Crippen LogP contribution in [0.25, 0.3) is 0 Å². The molecule has 1 N–H and O–H groups in total. The summed E-state index contributed by atoms with van der Waals surface area (Å²) in [5.74, 6) is -1.35. The third-order valence-corrected chi connectivity index (χ3v) is 4.84. The number of nitrogens with one attached hydrogen (secondary N) is 1. The minimum atomic E-state index is -0.518. The molecule has 152 valence electrons. The predicted molar refractivity (Wildman–Crippen MR) is 107 cm³/mol. The molecule has 0 aromatic heterocycles. The fraction of sp³-hybridized carbons (Fsp3) is 0.286. The molecule has 1 saturated heterocycles. The van der Waals surface area contributed by atoms with Gasteiger partial charge in [0.2, 0.25) is 5.91 Å². The molecule has 29 heavy (non-hydrogen) atoms. The Balaban J connectivity index is 1.88. The average molecular weight is 399 g/mol. The third-order valence-electron chi connectivity index (χ3n) is 4.84. The molecular formula is C21H22FN3O4. The summed E-state index contributed by atoms with van der Waals surface area (Å²) in [6.07, 6.45) is 0. The average Bonchev–Trinajstić information content (AvgIpc) is 2.73. The van der Waals surface area contributed by atoms with E-state index in [1.165, 1.54) is 38.3 Å². The maximum absolute atomic E-state index is 13.1. The third kappa shape index (κ3) is 4.71. The van der Waals surface area contributed by atoms with Crippen molar-refractivity contribution in [1.29, 1.82) is 0 Å². The molecule has 0 bridgehead atoms. The van der Waals surface area contributed by atoms with E-state index in [1.807, 2.05) is 4.90 Å². The van der Waals surface area contributed by atoms with Crippen LogP contribution in [0, 0.1) is 5.82 Å². The molecule has 0 unspecified atom stereocenters. The summed E-state index contributed by atoms with van der Waals surface area (Å²) in [5.41, 5.74) is 1.77. The van der Waals surface area contributed by atoms with Crippen molar-refractivity contribution in [2.45, 2.75) is 6.92 Å². The molecule has 0 radical (unpaired) electrons. The molecule has 0 atom stereocenters. The molecule has 2 aromatic rings. The summed E-state index contributed by atoms with van der Waals surface area (Å²) in [6, 6.07) is 10.1. The number of carbonyl (C=O) groups excluding carboxylic acids is 3. The number of methoxy groups -OCH3 is 1. The first-order valence-corrected chi connectivity index (χ1v) is 9.19. The first kappa shape index (κ1) is 20.3. The van der Waals surface area contributed by atoms with Gasteiger partial charge in [0, 0.05) is 38.7 Å². The Bertz CT molecular complexity index is 922. The van der Waals surface area contributed by atoms with Gasteiger partial charge in [0.1, 0.15) is 5.82 Å². The number of carbonyl (C=O) groups is 3. The normalized spacial score (nSPS) is 13.8. The Morgan fingerprint density at radius 1 is 0.966 bits per heavy atom. The Kier molecular flexibility index (Phi) is 6.11. The van der Waals surface area contributed by atoms with Crippen LogP contribution in [0.2, 0.25) is 0 Å². The van der Waals surface area contributed by atoms with Crippen molar-refractivity contribution in [2.75, 3.05) is 43.5 Å². The van der Waals surface area contributed by atoms with E-state index < -0.39 is 17.7 Å². The highest BCUT2D eigenvalue weighted by molar-refractivity contribution is 6.06. The van der Waals surface area contributed by atoms with E-state index in [2.05, 4.69) is 5.32 Å². The number of nitrogens with zero attached hydrogens (tertiary/aromatic N) is 2. The summed E-state index contributed by atoms with van der Waals surface area (Å²) in [7, 11) is 1.29. The van der Waals surface area contributed by atoms with Gasteiger partial charge in [0.25, 0.3) is 5.91 Å². The van der Waals surface area contributed by atoms with Crippen molar-refractivity contribution < 1.29 is 23.5 Å². The molecule has 1 heterocycles. The van der Waals surface area contributed by atoms with Gasteiger partial charge in [0.05, 0.1) is 24.0 Å². The van der Waals surface area contributed by atoms with Crippen molar-refractivity contribution in [3.8, 4) is 0 Å². The highest BCUT2D eigenvalue weighted by Crippen LogP contribution is 2.29. The summed E-state index contributed by atoms with van der Waals surface area (Å²) in [6.45, 7) is 3.86. The minimum absolute atomic E-state index is 0.0236. The van der Waals surface area contributed by atoms with Crippen LogP contribution in [0.5, 0.6) is 0 Å². The maximum atomic E-state index is 13.1. The lowest BCUT2D eigenvalue weighted by Gasteiger charge is -2.36. The zero-order chi connectivity index (χ0) is 21.0. The molecular weight excluding hydrogens is 377 g/mol. The Morgan fingerprint density at radius 3 is 2.17 bits per heavy atom. The van der Waals surface area contributed by atoms with E-state index in [9.17, 15) is 18.8 Å². The van der Waals surface area contributed by atoms with Crippen molar-refractivity contribution >= 4 is 29.2 Å². The lowest BCUT2D eigenvalue weighted by molar-refractivity contribution is -0.129. The van der Waals surface area contributed by atoms with Crippen LogP contribution in [0.15, 0.2) is 42.5 Å². The SMILES string of the molecule is COC(=O)c1ccc(N2CCN(C(C)=O)CC2)c(NC(=O)c2ccc(F)cc2)c1. The number of hydrogen-bond donors (Lipinski definition) is 1. The predicted octanol–water partition coefficient (Wildman–Crippen LogP) is 2.53. The number of hydrogen-bond acceptors (Lipinski definition) is 5. The van der Waals surface area contributed by atoms with Crippen molar-refractivity contribution in [3.05, 3.63) is 59.4 Å². The van der Waals surface area contributed by atoms with Crippen LogP contribution in [0.3, 0.4) is 0 Å². The molecule has 1 aliphatic rings. The maximum Gasteiger partial charge on any atom is 0.337 e. The van der Waals surface area contributed by atoms with E-state index in [4.69, 9.17) is 4.74 Å². The molecule has 3 rings (SSSR count). The van der Waals surface area contributed by atoms with E-state index in [1.54, 1.807) is 23.1 Å². The van der Waals surface area contributed by atoms with Gasteiger partial charge in [-0.15, -0.1) is 0 Å². The largest absolute Gasteiger partial charge is 0.465 e. The molecule has 7 nitrogen and oxygen atoms in total. The van der Waals surface area contributed by atoms with E-state index >= 15 is 0 Å². The summed E-state index contributed by atoms with van der Waals surface area (Å²) in [5, 5.41) is 2.81. The molecule has 8 heteroatoms. The van der Waals surface area contributed by atoms with Gasteiger partial charge in [-0.3, -0.25) is 9.59 Å². The van der Waals surface area contributed by atoms with Gasteiger partial charge >= 0.3 is 5.97 Å². The highest BCUT2D eigenvalue weighted by atomic mass is 19.1. The van der Waals surface area contributed by atoms with E-state index in [0.29, 0.717) is 43.0 Å². The van der Waals surface area contributed by atoms with Gasteiger partial charge in [-0.25, -0.2) is 9.18 Å². The minimum Gasteiger partial charge on any atom is -0.465 e. The number of anilines is 2. The first-order valence-electron chi connectivity index (χ1n) is 9.19. The zero-order valence-electron chi connectivity index (χ0n) is 16.3. The number of piperazine rings is 1. The Morgan fingerprint density at radius 2 is 1.59 bits per heavy atom. The lowest BCUT2D eigenvalue weighted by Crippen LogP contribution is -2.48. The summed E-state index contributed by atoms with van der Waals surface area (Å²) in [4.78, 5) is 39.9. The van der Waals surface area contributed by atoms with Crippen molar-refractivity contribution in [1.82, 2.24) is 4.90 Å². The van der Waals surface area contributed by atoms with Crippen LogP contribution in [0.1, 0.15) is 27.6 Å². The highest BCUT2D eigenvalue weighted by Gasteiger charge is 2.22. The lowest BCUT2D eigenvalue weighted by atomic mass is 10.1. The number of benzene rings is 2. The van der Waals surface area contributed by atoms with Crippen LogP contribution >= 0.6 is 0 Å². The quantitative estimate of drug-likeness (QED) is 0.800. The molecule has 0 saturated carbocycles. The van der Waals surface area contributed by atoms with Crippen LogP contribution < -0.4 is 10.2 Å². The Labute approximate surface area is 168 Å². The summed E-state index contributed by atoms with van der Waals surface area (Å²) >= 11 is 0.